The first-order valence-corrected chi connectivity index (χ1v) is 9.05. The van der Waals surface area contributed by atoms with E-state index in [1.807, 2.05) is 71.6 Å². The number of benzene rings is 3. The number of carbonyl (C=O) groups excluding carboxylic acids is 1. The Hall–Kier alpha value is -3.59. The number of nitrogens with zero attached hydrogens (tertiary/aromatic N) is 1. The summed E-state index contributed by atoms with van der Waals surface area (Å²) < 4.78 is 0. The second kappa shape index (κ2) is 6.29. The molecule has 0 saturated carbocycles. The smallest absolute Gasteiger partial charge is 0.259 e. The van der Waals surface area contributed by atoms with Crippen LogP contribution in [-0.2, 0) is 0 Å². The second-order valence-electron chi connectivity index (χ2n) is 6.72. The highest BCUT2D eigenvalue weighted by atomic mass is 16.2. The monoisotopic (exact) mass is 350 g/mol. The Labute approximate surface area is 157 Å². The molecular formula is C24H18N2O. The lowest BCUT2D eigenvalue weighted by atomic mass is 9.99. The number of anilines is 1. The van der Waals surface area contributed by atoms with Gasteiger partial charge in [-0.05, 0) is 41.3 Å². The van der Waals surface area contributed by atoms with Crippen LogP contribution in [0.2, 0.25) is 0 Å². The van der Waals surface area contributed by atoms with Gasteiger partial charge in [0.05, 0.1) is 11.7 Å². The van der Waals surface area contributed by atoms with Gasteiger partial charge in [0, 0.05) is 16.8 Å². The molecule has 5 rings (SSSR count). The summed E-state index contributed by atoms with van der Waals surface area (Å²) in [5, 5.41) is 1.15. The van der Waals surface area contributed by atoms with E-state index in [9.17, 15) is 4.79 Å². The molecule has 0 fully saturated rings. The van der Waals surface area contributed by atoms with Gasteiger partial charge in [-0.2, -0.15) is 0 Å². The highest BCUT2D eigenvalue weighted by Gasteiger charge is 2.30. The van der Waals surface area contributed by atoms with Crippen molar-refractivity contribution in [2.75, 3.05) is 4.90 Å². The summed E-state index contributed by atoms with van der Waals surface area (Å²) in [6, 6.07) is 27.6. The minimum atomic E-state index is -0.181. The predicted octanol–water partition coefficient (Wildman–Crippen LogP) is 5.58. The number of aromatic nitrogens is 1. The molecule has 1 N–H and O–H groups in total. The quantitative estimate of drug-likeness (QED) is 0.503. The number of carbonyl (C=O) groups is 1. The molecule has 1 aromatic heterocycles. The van der Waals surface area contributed by atoms with E-state index in [4.69, 9.17) is 0 Å². The number of H-pyrrole nitrogens is 1. The van der Waals surface area contributed by atoms with Crippen LogP contribution < -0.4 is 4.90 Å². The molecule has 27 heavy (non-hydrogen) atoms. The minimum Gasteiger partial charge on any atom is -0.356 e. The van der Waals surface area contributed by atoms with Gasteiger partial charge in [-0.3, -0.25) is 9.69 Å². The molecule has 3 aromatic carbocycles. The summed E-state index contributed by atoms with van der Waals surface area (Å²) in [7, 11) is 0. The van der Waals surface area contributed by atoms with Crippen molar-refractivity contribution in [1.82, 2.24) is 4.98 Å². The molecule has 0 aliphatic carbocycles. The van der Waals surface area contributed by atoms with Crippen molar-refractivity contribution in [3.63, 3.8) is 0 Å². The largest absolute Gasteiger partial charge is 0.356 e. The van der Waals surface area contributed by atoms with Crippen LogP contribution in [0.1, 0.15) is 27.7 Å². The van der Waals surface area contributed by atoms with Gasteiger partial charge in [0.2, 0.25) is 0 Å². The Morgan fingerprint density at radius 1 is 0.852 bits per heavy atom. The van der Waals surface area contributed by atoms with Gasteiger partial charge in [-0.25, -0.2) is 0 Å². The zero-order valence-corrected chi connectivity index (χ0v) is 14.7. The Kier molecular flexibility index (Phi) is 3.65. The van der Waals surface area contributed by atoms with Gasteiger partial charge in [0.25, 0.3) is 5.91 Å². The lowest BCUT2D eigenvalue weighted by Gasteiger charge is -2.33. The second-order valence-corrected chi connectivity index (χ2v) is 6.72. The number of hydrogen-bond donors (Lipinski definition) is 1. The number of hydrogen-bond acceptors (Lipinski definition) is 1. The molecule has 2 heterocycles. The van der Waals surface area contributed by atoms with E-state index in [2.05, 4.69) is 35.3 Å². The van der Waals surface area contributed by atoms with Gasteiger partial charge < -0.3 is 4.98 Å². The van der Waals surface area contributed by atoms with Crippen LogP contribution in [-0.4, -0.2) is 10.9 Å². The fourth-order valence-electron chi connectivity index (χ4n) is 3.73. The molecule has 3 heteroatoms. The van der Waals surface area contributed by atoms with Crippen LogP contribution in [0.3, 0.4) is 0 Å². The van der Waals surface area contributed by atoms with Gasteiger partial charge in [-0.15, -0.1) is 0 Å². The summed E-state index contributed by atoms with van der Waals surface area (Å²) in [5.41, 5.74) is 4.74. The Morgan fingerprint density at radius 2 is 1.59 bits per heavy atom. The van der Waals surface area contributed by atoms with Crippen LogP contribution in [0, 0.1) is 0 Å². The lowest BCUT2D eigenvalue weighted by Crippen LogP contribution is -2.36. The third-order valence-electron chi connectivity index (χ3n) is 5.04. The minimum absolute atomic E-state index is 0.00365. The standard InChI is InChI=1S/C24H18N2O/c27-24(18-9-2-1-3-10-18)26-22-13-7-5-8-17(22)14-15-23(26)21-16-19-11-4-6-12-20(19)25-21/h1-16,23,25H. The molecule has 1 aliphatic rings. The van der Waals surface area contributed by atoms with Crippen LogP contribution >= 0.6 is 0 Å². The van der Waals surface area contributed by atoms with E-state index in [0.717, 1.165) is 27.8 Å². The predicted molar refractivity (Wildman–Crippen MR) is 110 cm³/mol. The van der Waals surface area contributed by atoms with Crippen molar-refractivity contribution in [3.8, 4) is 0 Å². The van der Waals surface area contributed by atoms with E-state index in [1.54, 1.807) is 0 Å². The topological polar surface area (TPSA) is 36.1 Å². The van der Waals surface area contributed by atoms with Crippen LogP contribution in [0.25, 0.3) is 17.0 Å². The van der Waals surface area contributed by atoms with E-state index < -0.39 is 0 Å². The first-order chi connectivity index (χ1) is 13.3. The highest BCUT2D eigenvalue weighted by molar-refractivity contribution is 6.08. The van der Waals surface area contributed by atoms with Crippen molar-refractivity contribution in [1.29, 1.82) is 0 Å². The number of rotatable bonds is 2. The maximum atomic E-state index is 13.4. The number of para-hydroxylation sites is 2. The van der Waals surface area contributed by atoms with Crippen LogP contribution in [0.5, 0.6) is 0 Å². The average molecular weight is 350 g/mol. The van der Waals surface area contributed by atoms with E-state index in [0.29, 0.717) is 5.56 Å². The number of nitrogens with one attached hydrogen (secondary N) is 1. The van der Waals surface area contributed by atoms with Crippen molar-refractivity contribution < 1.29 is 4.79 Å². The van der Waals surface area contributed by atoms with Gasteiger partial charge in [0.1, 0.15) is 0 Å². The van der Waals surface area contributed by atoms with E-state index >= 15 is 0 Å². The SMILES string of the molecule is O=C(c1ccccc1)N1c2ccccc2C=CC1c1cc2ccccc2[nH]1. The Bertz CT molecular complexity index is 1120. The normalized spacial score (nSPS) is 15.7. The summed E-state index contributed by atoms with van der Waals surface area (Å²) in [6.45, 7) is 0. The Balaban J connectivity index is 1.66. The zero-order valence-electron chi connectivity index (χ0n) is 14.7. The molecule has 4 aromatic rings. The average Bonchev–Trinajstić information content (AvgIpc) is 3.17. The number of fused-ring (bicyclic) bond motifs is 2. The van der Waals surface area contributed by atoms with E-state index in [-0.39, 0.29) is 11.9 Å². The molecule has 1 aliphatic heterocycles. The van der Waals surface area contributed by atoms with Crippen molar-refractivity contribution in [3.05, 3.63) is 108 Å². The summed E-state index contributed by atoms with van der Waals surface area (Å²) in [4.78, 5) is 18.8. The van der Waals surface area contributed by atoms with Crippen LogP contribution in [0.15, 0.2) is 91.0 Å². The molecule has 0 spiro atoms. The first-order valence-electron chi connectivity index (χ1n) is 9.05. The molecule has 0 radical (unpaired) electrons. The van der Waals surface area contributed by atoms with Crippen molar-refractivity contribution in [2.45, 2.75) is 6.04 Å². The molecule has 130 valence electrons. The molecule has 1 amide bonds. The third kappa shape index (κ3) is 2.64. The van der Waals surface area contributed by atoms with Crippen molar-refractivity contribution >= 4 is 28.6 Å². The van der Waals surface area contributed by atoms with Gasteiger partial charge >= 0.3 is 0 Å². The molecule has 3 nitrogen and oxygen atoms in total. The fourth-order valence-corrected chi connectivity index (χ4v) is 3.73. The maximum Gasteiger partial charge on any atom is 0.259 e. The Morgan fingerprint density at radius 3 is 2.44 bits per heavy atom. The van der Waals surface area contributed by atoms with Gasteiger partial charge in [0.15, 0.2) is 0 Å². The molecular weight excluding hydrogens is 332 g/mol. The molecule has 0 saturated heterocycles. The van der Waals surface area contributed by atoms with Gasteiger partial charge in [-0.1, -0.05) is 66.7 Å². The molecule has 1 unspecified atom stereocenters. The third-order valence-corrected chi connectivity index (χ3v) is 5.04. The fraction of sp³-hybridized carbons (Fsp3) is 0.0417. The van der Waals surface area contributed by atoms with Crippen LogP contribution in [0.4, 0.5) is 5.69 Å². The summed E-state index contributed by atoms with van der Waals surface area (Å²) in [5.74, 6) is -0.00365. The summed E-state index contributed by atoms with van der Waals surface area (Å²) in [6.07, 6.45) is 4.19. The summed E-state index contributed by atoms with van der Waals surface area (Å²) >= 11 is 0. The number of amides is 1. The number of aromatic amines is 1. The molecule has 1 atom stereocenters. The molecule has 0 bridgehead atoms. The zero-order chi connectivity index (χ0) is 18.2. The highest BCUT2D eigenvalue weighted by Crippen LogP contribution is 2.38. The lowest BCUT2D eigenvalue weighted by molar-refractivity contribution is 0.0980. The maximum absolute atomic E-state index is 13.4. The van der Waals surface area contributed by atoms with E-state index in [1.165, 1.54) is 0 Å². The van der Waals surface area contributed by atoms with Crippen molar-refractivity contribution in [2.24, 2.45) is 0 Å². The first kappa shape index (κ1) is 15.6.